The number of halogens is 1. The second-order valence-electron chi connectivity index (χ2n) is 14.8. The summed E-state index contributed by atoms with van der Waals surface area (Å²) in [5, 5.41) is 14.2. The van der Waals surface area contributed by atoms with Crippen molar-refractivity contribution >= 4 is 75.7 Å². The van der Waals surface area contributed by atoms with E-state index in [9.17, 15) is 29.1 Å². The summed E-state index contributed by atoms with van der Waals surface area (Å²) in [5.41, 5.74) is 10.2. The standard InChI is InChI=1S/C42H43N7O8.ClH/c1-3-5-8-16-48-22-45-30-12-9-13-31-35(30)37(48)25-20-49-33(36(25)46-31)18-27-26(39(49)52)21-56-41(55)42(27,4-2)57-34(50)15-14-32(40(53)54)47-38(51)28(43)17-23-19-44-29-11-7-6-10-24(23)29;/h6-7,9-13,18-19,22,28,32,44H,3-5,8,14-17,20-21,43H2,1-2H3,(H,47,51)(H,53,54);1H/t28-,32-,42-;/m0./s1. The number of carbonyl (C=O) groups excluding carboxylic acids is 3. The number of esters is 2. The first-order valence-electron chi connectivity index (χ1n) is 19.3. The average Bonchev–Trinajstić information content (AvgIpc) is 3.79. The monoisotopic (exact) mass is 809 g/mol. The van der Waals surface area contributed by atoms with Crippen LogP contribution >= 0.6 is 12.4 Å². The molecule has 3 aliphatic rings. The topological polar surface area (TPSA) is 211 Å². The number of nitrogens with one attached hydrogen (secondary N) is 2. The zero-order valence-corrected chi connectivity index (χ0v) is 32.9. The van der Waals surface area contributed by atoms with E-state index >= 15 is 0 Å². The fourth-order valence-electron chi connectivity index (χ4n) is 8.23. The lowest BCUT2D eigenvalue weighted by Gasteiger charge is -2.35. The van der Waals surface area contributed by atoms with Crippen molar-refractivity contribution in [3.05, 3.63) is 87.3 Å². The smallest absolute Gasteiger partial charge is 0.355 e. The predicted molar refractivity (Wildman–Crippen MR) is 219 cm³/mol. The summed E-state index contributed by atoms with van der Waals surface area (Å²) in [5.74, 6) is -3.82. The molecule has 15 nitrogen and oxygen atoms in total. The Labute approximate surface area is 339 Å². The van der Waals surface area contributed by atoms with E-state index in [4.69, 9.17) is 25.2 Å². The normalized spacial score (nSPS) is 17.2. The maximum absolute atomic E-state index is 14.3. The van der Waals surface area contributed by atoms with Crippen molar-refractivity contribution in [3.63, 3.8) is 0 Å². The summed E-state index contributed by atoms with van der Waals surface area (Å²) in [4.78, 5) is 81.8. The molecule has 5 aromatic rings. The molecular formula is C42H44ClN7O8. The first kappa shape index (κ1) is 40.1. The number of H-pyrrole nitrogens is 1. The molecule has 5 N–H and O–H groups in total. The number of rotatable bonds is 14. The molecule has 0 unspecified atom stereocenters. The molecule has 0 spiro atoms. The Morgan fingerprint density at radius 3 is 2.69 bits per heavy atom. The Balaban J connectivity index is 0.00000512. The number of carboxylic acid groups (broad SMARTS) is 1. The number of aromatic amines is 1. The number of anilines is 1. The highest BCUT2D eigenvalue weighted by Crippen LogP contribution is 2.47. The van der Waals surface area contributed by atoms with Crippen LogP contribution in [0.3, 0.4) is 0 Å². The predicted octanol–water partition coefficient (Wildman–Crippen LogP) is 5.12. The first-order valence-corrected chi connectivity index (χ1v) is 19.3. The van der Waals surface area contributed by atoms with Gasteiger partial charge in [0.15, 0.2) is 0 Å². The minimum Gasteiger partial charge on any atom is -0.480 e. The van der Waals surface area contributed by atoms with Gasteiger partial charge in [0.25, 0.3) is 5.56 Å². The number of nitrogens with two attached hydrogens (primary N) is 1. The van der Waals surface area contributed by atoms with Crippen LogP contribution in [-0.2, 0) is 53.8 Å². The lowest BCUT2D eigenvalue weighted by molar-refractivity contribution is -0.189. The number of hydrogen-bond donors (Lipinski definition) is 4. The summed E-state index contributed by atoms with van der Waals surface area (Å²) in [7, 11) is 0. The second kappa shape index (κ2) is 16.1. The molecule has 58 heavy (non-hydrogen) atoms. The zero-order valence-electron chi connectivity index (χ0n) is 32.1. The molecule has 0 aliphatic carbocycles. The third-order valence-corrected chi connectivity index (χ3v) is 11.2. The van der Waals surface area contributed by atoms with Gasteiger partial charge in [-0.15, -0.1) is 12.4 Å². The lowest BCUT2D eigenvalue weighted by Crippen LogP contribution is -2.50. The molecule has 3 atom stereocenters. The van der Waals surface area contributed by atoms with E-state index in [0.29, 0.717) is 16.9 Å². The zero-order chi connectivity index (χ0) is 40.0. The minimum absolute atomic E-state index is 0. The molecular weight excluding hydrogens is 766 g/mol. The number of cyclic esters (lactones) is 1. The van der Waals surface area contributed by atoms with Crippen molar-refractivity contribution in [2.45, 2.75) is 89.6 Å². The molecule has 2 aromatic carbocycles. The van der Waals surface area contributed by atoms with Crippen LogP contribution in [0.4, 0.5) is 11.4 Å². The second-order valence-corrected chi connectivity index (χ2v) is 14.8. The van der Waals surface area contributed by atoms with Gasteiger partial charge in [0, 0.05) is 41.2 Å². The molecule has 0 bridgehead atoms. The summed E-state index contributed by atoms with van der Waals surface area (Å²) in [6.45, 7) is 4.45. The number of fused-ring (bicyclic) bond motifs is 6. The number of amides is 1. The van der Waals surface area contributed by atoms with Crippen molar-refractivity contribution in [3.8, 4) is 11.4 Å². The highest BCUT2D eigenvalue weighted by atomic mass is 35.5. The van der Waals surface area contributed by atoms with Crippen molar-refractivity contribution in [2.75, 3.05) is 11.4 Å². The minimum atomic E-state index is -1.98. The Morgan fingerprint density at radius 1 is 1.10 bits per heavy atom. The molecule has 6 heterocycles. The van der Waals surface area contributed by atoms with E-state index in [2.05, 4.69) is 22.1 Å². The third kappa shape index (κ3) is 6.87. The van der Waals surface area contributed by atoms with Gasteiger partial charge in [0.1, 0.15) is 12.6 Å². The van der Waals surface area contributed by atoms with Gasteiger partial charge in [-0.2, -0.15) is 0 Å². The highest BCUT2D eigenvalue weighted by molar-refractivity contribution is 6.11. The quantitative estimate of drug-likeness (QED) is 0.0838. The van der Waals surface area contributed by atoms with Gasteiger partial charge in [-0.1, -0.05) is 51.0 Å². The molecule has 0 saturated heterocycles. The molecule has 0 fully saturated rings. The summed E-state index contributed by atoms with van der Waals surface area (Å²) in [6.07, 6.45) is 5.91. The number of aliphatic carboxylic acids is 1. The van der Waals surface area contributed by atoms with Crippen LogP contribution in [0.2, 0.25) is 0 Å². The SMILES string of the molecule is CCCCCN1C=Nc2cccc3nc4c(c1c23)Cn1c-4cc2c(c1=O)COC(=O)[C@@]2(CC)OC(=O)CC[C@H](NC(=O)[C@@H](N)Cc1c[nH]c2ccccc12)C(=O)O.Cl. The van der Waals surface area contributed by atoms with Gasteiger partial charge in [0.05, 0.1) is 58.2 Å². The van der Waals surface area contributed by atoms with Gasteiger partial charge in [-0.05, 0) is 55.5 Å². The van der Waals surface area contributed by atoms with Crippen LogP contribution in [0.15, 0.2) is 64.5 Å². The van der Waals surface area contributed by atoms with Gasteiger partial charge in [0.2, 0.25) is 11.5 Å². The van der Waals surface area contributed by atoms with Crippen molar-refractivity contribution < 1.29 is 33.8 Å². The Morgan fingerprint density at radius 2 is 1.91 bits per heavy atom. The number of carbonyl (C=O) groups is 4. The highest BCUT2D eigenvalue weighted by Gasteiger charge is 2.50. The van der Waals surface area contributed by atoms with E-state index in [1.54, 1.807) is 23.8 Å². The number of benzene rings is 2. The largest absolute Gasteiger partial charge is 0.480 e. The van der Waals surface area contributed by atoms with Crippen LogP contribution in [0.5, 0.6) is 0 Å². The number of carboxylic acids is 1. The molecule has 0 radical (unpaired) electrons. The first-order chi connectivity index (χ1) is 27.5. The van der Waals surface area contributed by atoms with Gasteiger partial charge in [-0.25, -0.2) is 19.6 Å². The Hall–Kier alpha value is -6.06. The lowest BCUT2D eigenvalue weighted by atomic mass is 9.85. The Kier molecular flexibility index (Phi) is 11.1. The molecule has 3 aromatic heterocycles. The maximum Gasteiger partial charge on any atom is 0.355 e. The number of aromatic nitrogens is 3. The molecule has 302 valence electrons. The Bertz CT molecular complexity index is 2570. The van der Waals surface area contributed by atoms with Crippen LogP contribution in [0.25, 0.3) is 33.2 Å². The summed E-state index contributed by atoms with van der Waals surface area (Å²) < 4.78 is 13.1. The fraction of sp³-hybridized carbons (Fsp3) is 0.357. The van der Waals surface area contributed by atoms with Crippen molar-refractivity contribution in [1.82, 2.24) is 19.9 Å². The van der Waals surface area contributed by atoms with Crippen LogP contribution in [-0.4, -0.2) is 68.4 Å². The fourth-order valence-corrected chi connectivity index (χ4v) is 8.23. The summed E-state index contributed by atoms with van der Waals surface area (Å²) >= 11 is 0. The molecule has 16 heteroatoms. The van der Waals surface area contributed by atoms with E-state index in [0.717, 1.165) is 64.6 Å². The maximum atomic E-state index is 14.3. The van der Waals surface area contributed by atoms with E-state index < -0.39 is 53.5 Å². The number of pyridine rings is 2. The molecule has 3 aliphatic heterocycles. The number of para-hydroxylation sites is 1. The molecule has 1 amide bonds. The van der Waals surface area contributed by atoms with Crippen molar-refractivity contribution in [2.24, 2.45) is 10.7 Å². The number of hydrogen-bond acceptors (Lipinski definition) is 11. The molecule has 8 rings (SSSR count). The number of aliphatic imine (C=N–C) groups is 1. The number of ether oxygens (including phenoxy) is 2. The van der Waals surface area contributed by atoms with Crippen LogP contribution in [0, 0.1) is 0 Å². The van der Waals surface area contributed by atoms with E-state index in [1.807, 2.05) is 48.8 Å². The average molecular weight is 810 g/mol. The van der Waals surface area contributed by atoms with Crippen LogP contribution in [0.1, 0.15) is 74.6 Å². The van der Waals surface area contributed by atoms with Crippen molar-refractivity contribution in [1.29, 1.82) is 0 Å². The third-order valence-electron chi connectivity index (χ3n) is 11.2. The van der Waals surface area contributed by atoms with Gasteiger partial charge >= 0.3 is 17.9 Å². The van der Waals surface area contributed by atoms with Gasteiger partial charge < -0.3 is 40.1 Å². The summed E-state index contributed by atoms with van der Waals surface area (Å²) in [6, 6.07) is 12.4. The number of nitrogens with zero attached hydrogens (tertiary/aromatic N) is 4. The van der Waals surface area contributed by atoms with E-state index in [-0.39, 0.29) is 55.9 Å². The van der Waals surface area contributed by atoms with Crippen LogP contribution < -0.4 is 21.5 Å². The van der Waals surface area contributed by atoms with Gasteiger partial charge in [-0.3, -0.25) is 14.4 Å². The molecule has 0 saturated carbocycles. The van der Waals surface area contributed by atoms with E-state index in [1.165, 1.54) is 0 Å². The number of unbranched alkanes of at least 4 members (excludes halogenated alkanes) is 2.